The van der Waals surface area contributed by atoms with E-state index in [0.29, 0.717) is 3.63 Å². The molecular weight excluding hydrogens is 656 g/mol. The van der Waals surface area contributed by atoms with Crippen molar-refractivity contribution in [2.45, 2.75) is 62.4 Å². The first kappa shape index (κ1) is 31.3. The van der Waals surface area contributed by atoms with Gasteiger partial charge in [0.05, 0.1) is 0 Å². The van der Waals surface area contributed by atoms with E-state index in [1.807, 2.05) is 0 Å². The van der Waals surface area contributed by atoms with Crippen molar-refractivity contribution in [2.24, 2.45) is 0 Å². The predicted molar refractivity (Wildman–Crippen MR) is 204 cm³/mol. The fraction of sp³-hybridized carbons (Fsp3) is 0.213. The Hall–Kier alpha value is -3.93. The van der Waals surface area contributed by atoms with Crippen LogP contribution in [0.15, 0.2) is 143 Å². The zero-order chi connectivity index (χ0) is 32.5. The molecule has 0 saturated carbocycles. The van der Waals surface area contributed by atoms with Gasteiger partial charge in [-0.2, -0.15) is 0 Å². The molecule has 6 aromatic rings. The van der Waals surface area contributed by atoms with Crippen LogP contribution in [0.25, 0.3) is 32.7 Å². The Morgan fingerprint density at radius 1 is 0.604 bits per heavy atom. The zero-order valence-electron chi connectivity index (χ0n) is 28.3. The Balaban J connectivity index is 1.46. The van der Waals surface area contributed by atoms with Crippen LogP contribution in [0.2, 0.25) is 0 Å². The van der Waals surface area contributed by atoms with E-state index in [9.17, 15) is 0 Å². The molecule has 0 aromatic heterocycles. The normalized spacial score (nSPS) is 14.7. The summed E-state index contributed by atoms with van der Waals surface area (Å²) >= 11 is -2.81. The van der Waals surface area contributed by atoms with Crippen LogP contribution in [0, 0.1) is 0 Å². The van der Waals surface area contributed by atoms with Gasteiger partial charge in [0.2, 0.25) is 0 Å². The van der Waals surface area contributed by atoms with E-state index in [1.54, 1.807) is 12.1 Å². The number of fused-ring (bicyclic) bond motifs is 8. The molecule has 2 aliphatic rings. The SMILES string of the molecule is CCCCc1ccc([C](c2ccc(CCCC)cc2)=[Zr]([C]2=CC=CC2)[CH]2c3ccccc3-c3c2c2ccccc2c2ccccc32)cc1. The predicted octanol–water partition coefficient (Wildman–Crippen LogP) is 12.5. The molecule has 0 aliphatic heterocycles. The molecule has 48 heavy (non-hydrogen) atoms. The first-order valence-corrected chi connectivity index (χ1v) is 22.0. The number of hydrogen-bond donors (Lipinski definition) is 0. The van der Waals surface area contributed by atoms with Crippen LogP contribution in [-0.2, 0) is 34.1 Å². The van der Waals surface area contributed by atoms with Gasteiger partial charge < -0.3 is 0 Å². The maximum atomic E-state index is 2.50. The number of aryl methyl sites for hydroxylation is 2. The van der Waals surface area contributed by atoms with Crippen LogP contribution in [0.4, 0.5) is 0 Å². The monoisotopic (exact) mass is 698 g/mol. The van der Waals surface area contributed by atoms with Crippen molar-refractivity contribution < 1.29 is 21.3 Å². The van der Waals surface area contributed by atoms with Crippen molar-refractivity contribution in [3.8, 4) is 11.1 Å². The first-order chi connectivity index (χ1) is 23.8. The Morgan fingerprint density at radius 2 is 1.15 bits per heavy atom. The van der Waals surface area contributed by atoms with Gasteiger partial charge in [-0.1, -0.05) is 0 Å². The molecule has 6 aromatic carbocycles. The number of rotatable bonds is 10. The summed E-state index contributed by atoms with van der Waals surface area (Å²) in [6, 6.07) is 47.3. The summed E-state index contributed by atoms with van der Waals surface area (Å²) < 4.78 is 3.72. The Labute approximate surface area is 294 Å². The van der Waals surface area contributed by atoms with E-state index in [-0.39, 0.29) is 0 Å². The van der Waals surface area contributed by atoms with Crippen molar-refractivity contribution in [3.63, 3.8) is 0 Å². The maximum absolute atomic E-state index is 2.81. The molecule has 2 aliphatic carbocycles. The van der Waals surface area contributed by atoms with E-state index in [4.69, 9.17) is 0 Å². The van der Waals surface area contributed by atoms with E-state index in [1.165, 1.54) is 86.2 Å². The number of hydrogen-bond acceptors (Lipinski definition) is 0. The molecule has 236 valence electrons. The minimum absolute atomic E-state index is 0.383. The van der Waals surface area contributed by atoms with Crippen molar-refractivity contribution in [2.75, 3.05) is 0 Å². The Kier molecular flexibility index (Phi) is 9.08. The molecule has 0 nitrogen and oxygen atoms in total. The van der Waals surface area contributed by atoms with E-state index in [2.05, 4.69) is 153 Å². The zero-order valence-corrected chi connectivity index (χ0v) is 30.8. The summed E-state index contributed by atoms with van der Waals surface area (Å²) in [6.45, 7) is 4.58. The molecule has 0 N–H and O–H groups in total. The fourth-order valence-electron chi connectivity index (χ4n) is 8.24. The number of unbranched alkanes of at least 4 members (excludes halogenated alkanes) is 2. The van der Waals surface area contributed by atoms with Gasteiger partial charge in [0, 0.05) is 0 Å². The van der Waals surface area contributed by atoms with Crippen molar-refractivity contribution in [1.29, 1.82) is 0 Å². The van der Waals surface area contributed by atoms with E-state index >= 15 is 0 Å². The van der Waals surface area contributed by atoms with Crippen LogP contribution in [0.3, 0.4) is 0 Å². The van der Waals surface area contributed by atoms with Crippen LogP contribution in [-0.4, -0.2) is 3.21 Å². The molecule has 1 unspecified atom stereocenters. The molecule has 0 amide bonds. The molecular formula is C47H44Zr. The average molecular weight is 700 g/mol. The molecule has 0 fully saturated rings. The van der Waals surface area contributed by atoms with Gasteiger partial charge >= 0.3 is 296 Å². The third kappa shape index (κ3) is 5.65. The average Bonchev–Trinajstić information content (AvgIpc) is 3.80. The van der Waals surface area contributed by atoms with Gasteiger partial charge in [-0.15, -0.1) is 0 Å². The second kappa shape index (κ2) is 13.9. The third-order valence-corrected chi connectivity index (χ3v) is 18.8. The van der Waals surface area contributed by atoms with E-state index in [0.717, 1.165) is 19.3 Å². The summed E-state index contributed by atoms with van der Waals surface area (Å²) in [5.41, 5.74) is 11.8. The van der Waals surface area contributed by atoms with Crippen molar-refractivity contribution >= 4 is 24.8 Å². The molecule has 0 saturated heterocycles. The van der Waals surface area contributed by atoms with Gasteiger partial charge in [-0.05, 0) is 0 Å². The molecule has 0 radical (unpaired) electrons. The molecule has 1 heteroatoms. The topological polar surface area (TPSA) is 0 Å². The van der Waals surface area contributed by atoms with Gasteiger partial charge in [-0.3, -0.25) is 0 Å². The van der Waals surface area contributed by atoms with Crippen LogP contribution in [0.1, 0.15) is 83.0 Å². The Bertz CT molecular complexity index is 2160. The summed E-state index contributed by atoms with van der Waals surface area (Å²) in [4.78, 5) is 0. The quantitative estimate of drug-likeness (QED) is 0.125. The first-order valence-electron chi connectivity index (χ1n) is 18.1. The molecule has 0 spiro atoms. The van der Waals surface area contributed by atoms with Crippen molar-refractivity contribution in [3.05, 3.63) is 176 Å². The summed E-state index contributed by atoms with van der Waals surface area (Å²) in [7, 11) is 0. The van der Waals surface area contributed by atoms with Gasteiger partial charge in [0.1, 0.15) is 0 Å². The third-order valence-electron chi connectivity index (χ3n) is 10.6. The van der Waals surface area contributed by atoms with Crippen LogP contribution >= 0.6 is 0 Å². The van der Waals surface area contributed by atoms with Crippen LogP contribution < -0.4 is 0 Å². The summed E-state index contributed by atoms with van der Waals surface area (Å²) in [5.74, 6) is 0. The molecule has 0 heterocycles. The number of benzene rings is 6. The Morgan fingerprint density at radius 3 is 1.73 bits per heavy atom. The standard InChI is InChI=1S/C21H13.C21H26.C5H5.Zr/c1-2-8-15-14(7-1)13-20-18-11-4-3-9-16(18)17-10-5-6-12-19(17)21(15)20;1-3-5-7-18-9-13-20(14-10-18)17-21-15-11-19(12-16-21)8-6-4-2;1-2-4-5-3-1;/h1-13H;9-16H,3-8H2,1-2H3;1-3H,4H2;. The second-order valence-electron chi connectivity index (χ2n) is 13.6. The number of allylic oxidation sites excluding steroid dienone is 4. The van der Waals surface area contributed by atoms with Gasteiger partial charge in [-0.25, -0.2) is 0 Å². The molecule has 0 bridgehead atoms. The van der Waals surface area contributed by atoms with Gasteiger partial charge in [0.15, 0.2) is 0 Å². The van der Waals surface area contributed by atoms with Crippen molar-refractivity contribution in [1.82, 2.24) is 0 Å². The fourth-order valence-corrected chi connectivity index (χ4v) is 17.3. The summed E-state index contributed by atoms with van der Waals surface area (Å²) in [5, 5.41) is 5.57. The van der Waals surface area contributed by atoms with Gasteiger partial charge in [0.25, 0.3) is 0 Å². The minimum atomic E-state index is -2.81. The van der Waals surface area contributed by atoms with Crippen LogP contribution in [0.5, 0.6) is 0 Å². The van der Waals surface area contributed by atoms with E-state index < -0.39 is 21.3 Å². The molecule has 8 rings (SSSR count). The second-order valence-corrected chi connectivity index (χ2v) is 19.9. The summed E-state index contributed by atoms with van der Waals surface area (Å²) in [6.07, 6.45) is 15.5. The molecule has 1 atom stereocenters.